The maximum absolute atomic E-state index is 4.24. The summed E-state index contributed by atoms with van der Waals surface area (Å²) in [6, 6.07) is 11.5. The van der Waals surface area contributed by atoms with E-state index in [2.05, 4.69) is 34.7 Å². The Bertz CT molecular complexity index is 558. The van der Waals surface area contributed by atoms with Crippen LogP contribution >= 0.6 is 0 Å². The van der Waals surface area contributed by atoms with Crippen molar-refractivity contribution in [2.45, 2.75) is 38.3 Å². The average molecular weight is 267 g/mol. The van der Waals surface area contributed by atoms with Crippen LogP contribution in [0, 0.1) is 11.8 Å². The number of rotatable bonds is 4. The smallest absolute Gasteiger partial charge is 0.0659 e. The Hall–Kier alpha value is -1.77. The number of hydrogen-bond acceptors (Lipinski definition) is 2. The summed E-state index contributed by atoms with van der Waals surface area (Å²) in [5.41, 5.74) is 2.57. The zero-order valence-electron chi connectivity index (χ0n) is 11.7. The van der Waals surface area contributed by atoms with Crippen molar-refractivity contribution in [3.8, 4) is 0 Å². The Morgan fingerprint density at radius 1 is 1.15 bits per heavy atom. The van der Waals surface area contributed by atoms with Crippen molar-refractivity contribution in [3.05, 3.63) is 48.3 Å². The van der Waals surface area contributed by atoms with E-state index < -0.39 is 0 Å². The minimum Gasteiger partial charge on any atom is -0.382 e. The average Bonchev–Trinajstić information content (AvgIpc) is 3.18. The van der Waals surface area contributed by atoms with Gasteiger partial charge in [0.05, 0.1) is 6.54 Å². The predicted octanol–water partition coefficient (Wildman–Crippen LogP) is 3.53. The molecule has 0 saturated heterocycles. The molecule has 2 fully saturated rings. The quantitative estimate of drug-likeness (QED) is 0.918. The molecule has 0 amide bonds. The van der Waals surface area contributed by atoms with Crippen molar-refractivity contribution in [1.29, 1.82) is 0 Å². The van der Waals surface area contributed by atoms with Gasteiger partial charge in [0.25, 0.3) is 0 Å². The van der Waals surface area contributed by atoms with Gasteiger partial charge in [0.1, 0.15) is 0 Å². The second-order valence-corrected chi connectivity index (χ2v) is 6.33. The van der Waals surface area contributed by atoms with E-state index in [0.717, 1.165) is 18.4 Å². The Morgan fingerprint density at radius 2 is 2.05 bits per heavy atom. The molecule has 104 valence electrons. The molecule has 3 unspecified atom stereocenters. The number of fused-ring (bicyclic) bond motifs is 2. The van der Waals surface area contributed by atoms with Gasteiger partial charge in [0.2, 0.25) is 0 Å². The number of hydrogen-bond donors (Lipinski definition) is 1. The van der Waals surface area contributed by atoms with Crippen molar-refractivity contribution in [2.24, 2.45) is 11.8 Å². The molecule has 3 nitrogen and oxygen atoms in total. The number of benzene rings is 1. The van der Waals surface area contributed by atoms with Crippen LogP contribution in [0.1, 0.15) is 31.2 Å². The molecule has 0 aliphatic heterocycles. The second-order valence-electron chi connectivity index (χ2n) is 6.33. The highest BCUT2D eigenvalue weighted by molar-refractivity contribution is 5.46. The van der Waals surface area contributed by atoms with Crippen molar-refractivity contribution >= 4 is 5.69 Å². The van der Waals surface area contributed by atoms with Gasteiger partial charge < -0.3 is 5.32 Å². The fraction of sp³-hybridized carbons (Fsp3) is 0.471. The maximum Gasteiger partial charge on any atom is 0.0659 e. The third-order valence-electron chi connectivity index (χ3n) is 4.95. The zero-order chi connectivity index (χ0) is 13.4. The van der Waals surface area contributed by atoms with Gasteiger partial charge in [-0.1, -0.05) is 18.6 Å². The maximum atomic E-state index is 4.24. The van der Waals surface area contributed by atoms with E-state index in [1.165, 1.54) is 36.9 Å². The topological polar surface area (TPSA) is 29.9 Å². The van der Waals surface area contributed by atoms with Crippen LogP contribution in [0.5, 0.6) is 0 Å². The number of nitrogens with zero attached hydrogens (tertiary/aromatic N) is 2. The SMILES string of the molecule is c1cnn(Cc2ccc(NC3CC4CCC3C4)cc2)c1. The summed E-state index contributed by atoms with van der Waals surface area (Å²) in [6.45, 7) is 0.849. The molecule has 1 heterocycles. The first-order chi connectivity index (χ1) is 9.87. The van der Waals surface area contributed by atoms with Crippen LogP contribution < -0.4 is 5.32 Å². The van der Waals surface area contributed by atoms with Crippen molar-refractivity contribution in [2.75, 3.05) is 5.32 Å². The van der Waals surface area contributed by atoms with Crippen LogP contribution in [0.3, 0.4) is 0 Å². The molecule has 2 saturated carbocycles. The van der Waals surface area contributed by atoms with E-state index in [1.807, 2.05) is 23.1 Å². The molecule has 0 spiro atoms. The highest BCUT2D eigenvalue weighted by Crippen LogP contribution is 2.45. The van der Waals surface area contributed by atoms with E-state index in [-0.39, 0.29) is 0 Å². The van der Waals surface area contributed by atoms with Gasteiger partial charge in [-0.3, -0.25) is 4.68 Å². The van der Waals surface area contributed by atoms with Gasteiger partial charge in [0, 0.05) is 24.1 Å². The first kappa shape index (κ1) is 12.0. The van der Waals surface area contributed by atoms with Crippen LogP contribution in [0.4, 0.5) is 5.69 Å². The molecule has 2 aliphatic carbocycles. The molecule has 4 rings (SSSR count). The van der Waals surface area contributed by atoms with Crippen LogP contribution in [-0.4, -0.2) is 15.8 Å². The molecule has 2 bridgehead atoms. The summed E-state index contributed by atoms with van der Waals surface area (Å²) in [5.74, 6) is 1.92. The first-order valence-corrected chi connectivity index (χ1v) is 7.70. The minimum atomic E-state index is 0.714. The van der Waals surface area contributed by atoms with Crippen LogP contribution in [0.2, 0.25) is 0 Å². The van der Waals surface area contributed by atoms with Gasteiger partial charge in [-0.2, -0.15) is 5.10 Å². The molecule has 3 heteroatoms. The predicted molar refractivity (Wildman–Crippen MR) is 80.6 cm³/mol. The van der Waals surface area contributed by atoms with Crippen molar-refractivity contribution in [3.63, 3.8) is 0 Å². The summed E-state index contributed by atoms with van der Waals surface area (Å²) in [7, 11) is 0. The fourth-order valence-electron chi connectivity index (χ4n) is 3.92. The van der Waals surface area contributed by atoms with Crippen LogP contribution in [-0.2, 0) is 6.54 Å². The van der Waals surface area contributed by atoms with E-state index >= 15 is 0 Å². The largest absolute Gasteiger partial charge is 0.382 e. The highest BCUT2D eigenvalue weighted by Gasteiger charge is 2.39. The lowest BCUT2D eigenvalue weighted by atomic mass is 9.95. The van der Waals surface area contributed by atoms with E-state index in [4.69, 9.17) is 0 Å². The molecular weight excluding hydrogens is 246 g/mol. The summed E-state index contributed by atoms with van der Waals surface area (Å²) >= 11 is 0. The standard InChI is InChI=1S/C17H21N3/c1-8-18-20(9-1)12-13-3-6-16(7-4-13)19-17-11-14-2-5-15(17)10-14/h1,3-4,6-9,14-15,17,19H,2,5,10-12H2. The molecule has 1 aromatic heterocycles. The zero-order valence-corrected chi connectivity index (χ0v) is 11.7. The number of aromatic nitrogens is 2. The van der Waals surface area contributed by atoms with Crippen molar-refractivity contribution in [1.82, 2.24) is 9.78 Å². The highest BCUT2D eigenvalue weighted by atomic mass is 15.3. The lowest BCUT2D eigenvalue weighted by molar-refractivity contribution is 0.440. The van der Waals surface area contributed by atoms with Crippen LogP contribution in [0.15, 0.2) is 42.7 Å². The normalized spacial score (nSPS) is 27.9. The summed E-state index contributed by atoms with van der Waals surface area (Å²) in [4.78, 5) is 0. The third kappa shape index (κ3) is 2.33. The molecule has 1 aromatic carbocycles. The second kappa shape index (κ2) is 4.97. The number of nitrogens with one attached hydrogen (secondary N) is 1. The third-order valence-corrected chi connectivity index (χ3v) is 4.95. The summed E-state index contributed by atoms with van der Waals surface area (Å²) < 4.78 is 1.96. The minimum absolute atomic E-state index is 0.714. The number of anilines is 1. The van der Waals surface area contributed by atoms with Gasteiger partial charge >= 0.3 is 0 Å². The summed E-state index contributed by atoms with van der Waals surface area (Å²) in [6.07, 6.45) is 9.55. The van der Waals surface area contributed by atoms with Gasteiger partial charge in [-0.15, -0.1) is 0 Å². The summed E-state index contributed by atoms with van der Waals surface area (Å²) in [5, 5.41) is 7.98. The molecule has 2 aliphatic rings. The van der Waals surface area contributed by atoms with Gasteiger partial charge in [-0.25, -0.2) is 0 Å². The monoisotopic (exact) mass is 267 g/mol. The van der Waals surface area contributed by atoms with Gasteiger partial charge in [-0.05, 0) is 54.9 Å². The molecule has 1 N–H and O–H groups in total. The Balaban J connectivity index is 1.40. The molecule has 20 heavy (non-hydrogen) atoms. The lowest BCUT2D eigenvalue weighted by Gasteiger charge is -2.24. The Labute approximate surface area is 120 Å². The molecule has 2 aromatic rings. The molecule has 3 atom stereocenters. The van der Waals surface area contributed by atoms with E-state index in [0.29, 0.717) is 6.04 Å². The van der Waals surface area contributed by atoms with Crippen LogP contribution in [0.25, 0.3) is 0 Å². The van der Waals surface area contributed by atoms with Crippen molar-refractivity contribution < 1.29 is 0 Å². The Morgan fingerprint density at radius 3 is 2.70 bits per heavy atom. The van der Waals surface area contributed by atoms with Gasteiger partial charge in [0.15, 0.2) is 0 Å². The van der Waals surface area contributed by atoms with E-state index in [1.54, 1.807) is 0 Å². The fourth-order valence-corrected chi connectivity index (χ4v) is 3.92. The molecule has 0 radical (unpaired) electrons. The lowest BCUT2D eigenvalue weighted by Crippen LogP contribution is -2.25. The first-order valence-electron chi connectivity index (χ1n) is 7.70. The Kier molecular flexibility index (Phi) is 2.98. The molecular formula is C17H21N3. The van der Waals surface area contributed by atoms with E-state index in [9.17, 15) is 0 Å².